The Bertz CT molecular complexity index is 1130. The van der Waals surface area contributed by atoms with Crippen molar-refractivity contribution in [1.82, 2.24) is 5.32 Å². The van der Waals surface area contributed by atoms with E-state index >= 15 is 0 Å². The molecule has 0 heterocycles. The van der Waals surface area contributed by atoms with E-state index in [-0.39, 0.29) is 12.5 Å². The van der Waals surface area contributed by atoms with Gasteiger partial charge in [0.25, 0.3) is 7.82 Å². The maximum atomic E-state index is 12.9. The van der Waals surface area contributed by atoms with E-state index in [4.69, 9.17) is 9.05 Å². The Kier molecular flexibility index (Phi) is 42.6. The Morgan fingerprint density at radius 3 is 1.33 bits per heavy atom. The summed E-state index contributed by atoms with van der Waals surface area (Å²) >= 11 is 0. The molecule has 0 fully saturated rings. The topological polar surface area (TPSA) is 108 Å². The first-order chi connectivity index (χ1) is 29.5. The zero-order chi connectivity index (χ0) is 45.0. The summed E-state index contributed by atoms with van der Waals surface area (Å²) < 4.78 is 23.2. The minimum Gasteiger partial charge on any atom is -0.756 e. The number of nitrogens with one attached hydrogen (secondary N) is 1. The molecule has 0 saturated heterocycles. The van der Waals surface area contributed by atoms with Gasteiger partial charge in [-0.1, -0.05) is 197 Å². The highest BCUT2D eigenvalue weighted by atomic mass is 31.2. The highest BCUT2D eigenvalue weighted by molar-refractivity contribution is 7.45. The first-order valence-corrected chi connectivity index (χ1v) is 27.0. The third-order valence-electron chi connectivity index (χ3n) is 11.2. The van der Waals surface area contributed by atoms with Crippen LogP contribution in [0.5, 0.6) is 0 Å². The Balaban J connectivity index is 4.36. The molecule has 0 aromatic heterocycles. The summed E-state index contributed by atoms with van der Waals surface area (Å²) in [5.41, 5.74) is 0. The SMILES string of the molecule is CCCCCCC/C=C\CCCCCCCC(=O)NC(COP(=O)([O-])OCC[N+](C)(C)C)C(O)/C=C/CC/C=C/CC/C=C/CCCCCCCCCCCCCCCCC. The van der Waals surface area contributed by atoms with Crippen molar-refractivity contribution in [1.29, 1.82) is 0 Å². The van der Waals surface area contributed by atoms with Crippen molar-refractivity contribution in [3.05, 3.63) is 48.6 Å². The maximum Gasteiger partial charge on any atom is 0.268 e. The fourth-order valence-electron chi connectivity index (χ4n) is 7.18. The lowest BCUT2D eigenvalue weighted by Gasteiger charge is -2.29. The average molecular weight is 879 g/mol. The van der Waals surface area contributed by atoms with Crippen molar-refractivity contribution in [3.63, 3.8) is 0 Å². The maximum absolute atomic E-state index is 12.9. The third kappa shape index (κ3) is 46.3. The second-order valence-electron chi connectivity index (χ2n) is 18.5. The Morgan fingerprint density at radius 1 is 0.557 bits per heavy atom. The Morgan fingerprint density at radius 2 is 0.918 bits per heavy atom. The molecule has 0 aliphatic heterocycles. The van der Waals surface area contributed by atoms with Crippen molar-refractivity contribution in [2.75, 3.05) is 40.9 Å². The van der Waals surface area contributed by atoms with E-state index in [0.29, 0.717) is 17.4 Å². The molecule has 3 atom stereocenters. The second-order valence-corrected chi connectivity index (χ2v) is 19.9. The number of allylic oxidation sites excluding steroid dienone is 7. The van der Waals surface area contributed by atoms with E-state index in [2.05, 4.69) is 55.6 Å². The second kappa shape index (κ2) is 43.7. The van der Waals surface area contributed by atoms with Gasteiger partial charge in [0.2, 0.25) is 5.91 Å². The molecule has 0 bridgehead atoms. The molecule has 0 rings (SSSR count). The summed E-state index contributed by atoms with van der Waals surface area (Å²) in [6.45, 7) is 4.61. The fourth-order valence-corrected chi connectivity index (χ4v) is 7.90. The molecule has 9 heteroatoms. The number of aliphatic hydroxyl groups is 1. The highest BCUT2D eigenvalue weighted by Gasteiger charge is 2.23. The zero-order valence-electron chi connectivity index (χ0n) is 40.6. The molecule has 1 amide bonds. The lowest BCUT2D eigenvalue weighted by atomic mass is 10.0. The molecule has 0 aliphatic carbocycles. The number of carbonyl (C=O) groups excluding carboxylic acids is 1. The molecule has 0 radical (unpaired) electrons. The fraction of sp³-hybridized carbons (Fsp3) is 0.827. The number of unbranched alkanes of at least 4 members (excludes halogenated alkanes) is 27. The number of hydrogen-bond donors (Lipinski definition) is 2. The number of aliphatic hydroxyl groups excluding tert-OH is 1. The number of rotatable bonds is 46. The summed E-state index contributed by atoms with van der Waals surface area (Å²) in [5.74, 6) is -0.221. The smallest absolute Gasteiger partial charge is 0.268 e. The van der Waals surface area contributed by atoms with Gasteiger partial charge in [-0.05, 0) is 70.6 Å². The number of carbonyl (C=O) groups is 1. The summed E-state index contributed by atoms with van der Waals surface area (Å²) in [7, 11) is 1.23. The highest BCUT2D eigenvalue weighted by Crippen LogP contribution is 2.38. The van der Waals surface area contributed by atoms with Crippen LogP contribution < -0.4 is 10.2 Å². The third-order valence-corrected chi connectivity index (χ3v) is 12.2. The van der Waals surface area contributed by atoms with Gasteiger partial charge in [0.05, 0.1) is 39.9 Å². The van der Waals surface area contributed by atoms with Crippen molar-refractivity contribution in [2.45, 2.75) is 238 Å². The molecule has 61 heavy (non-hydrogen) atoms. The molecule has 0 aromatic carbocycles. The molecule has 3 unspecified atom stereocenters. The van der Waals surface area contributed by atoms with E-state index in [0.717, 1.165) is 64.2 Å². The summed E-state index contributed by atoms with van der Waals surface area (Å²) in [6, 6.07) is -0.914. The van der Waals surface area contributed by atoms with Crippen molar-refractivity contribution in [3.8, 4) is 0 Å². The van der Waals surface area contributed by atoms with Gasteiger partial charge in [-0.15, -0.1) is 0 Å². The van der Waals surface area contributed by atoms with E-state index < -0.39 is 26.6 Å². The quantitative estimate of drug-likeness (QED) is 0.0273. The van der Waals surface area contributed by atoms with Gasteiger partial charge in [-0.3, -0.25) is 9.36 Å². The number of phosphoric ester groups is 1. The molecule has 0 aromatic rings. The van der Waals surface area contributed by atoms with Gasteiger partial charge in [0, 0.05) is 6.42 Å². The van der Waals surface area contributed by atoms with Gasteiger partial charge in [0.1, 0.15) is 13.2 Å². The normalized spacial score (nSPS) is 14.5. The number of phosphoric acid groups is 1. The van der Waals surface area contributed by atoms with Crippen LogP contribution in [0.2, 0.25) is 0 Å². The number of amides is 1. The zero-order valence-corrected chi connectivity index (χ0v) is 41.5. The summed E-state index contributed by atoms with van der Waals surface area (Å²) in [5, 5.41) is 13.8. The van der Waals surface area contributed by atoms with E-state index in [9.17, 15) is 19.4 Å². The van der Waals surface area contributed by atoms with Crippen LogP contribution in [0.15, 0.2) is 48.6 Å². The van der Waals surface area contributed by atoms with Crippen LogP contribution in [0.4, 0.5) is 0 Å². The minimum absolute atomic E-state index is 0.0114. The van der Waals surface area contributed by atoms with E-state index in [1.54, 1.807) is 6.08 Å². The van der Waals surface area contributed by atoms with Crippen LogP contribution in [0.3, 0.4) is 0 Å². The molecular weight excluding hydrogens is 780 g/mol. The van der Waals surface area contributed by atoms with Crippen molar-refractivity contribution >= 4 is 13.7 Å². The van der Waals surface area contributed by atoms with Crippen LogP contribution >= 0.6 is 7.82 Å². The first kappa shape index (κ1) is 59.5. The summed E-state index contributed by atoms with van der Waals surface area (Å²) in [4.78, 5) is 25.3. The molecule has 8 nitrogen and oxygen atoms in total. The first-order valence-electron chi connectivity index (χ1n) is 25.5. The van der Waals surface area contributed by atoms with Crippen LogP contribution in [-0.2, 0) is 18.4 Å². The average Bonchev–Trinajstić information content (AvgIpc) is 3.21. The number of quaternary nitrogens is 1. The van der Waals surface area contributed by atoms with Crippen LogP contribution in [0.1, 0.15) is 226 Å². The molecular formula is C52H99N2O6P. The minimum atomic E-state index is -4.61. The standard InChI is InChI=1S/C52H99N2O6P/c1-6-8-10-12-14-16-18-20-22-23-24-25-26-27-28-29-30-31-32-33-35-37-39-41-43-45-51(55)50(49-60-61(57,58)59-48-47-54(3,4)5)53-52(56)46-44-42-40-38-36-34-21-19-17-15-13-11-9-7-2/h19,21,30-31,35,37,43,45,50-51,55H,6-18,20,22-29,32-34,36,38-42,44,46-49H2,1-5H3,(H-,53,56,57,58)/b21-19-,31-30+,37-35+,45-43+. The van der Waals surface area contributed by atoms with E-state index in [1.807, 2.05) is 27.2 Å². The lowest BCUT2D eigenvalue weighted by Crippen LogP contribution is -2.45. The Labute approximate surface area is 378 Å². The molecule has 0 saturated carbocycles. The van der Waals surface area contributed by atoms with Crippen LogP contribution in [0.25, 0.3) is 0 Å². The lowest BCUT2D eigenvalue weighted by molar-refractivity contribution is -0.870. The monoisotopic (exact) mass is 879 g/mol. The van der Waals surface area contributed by atoms with Gasteiger partial charge < -0.3 is 28.8 Å². The van der Waals surface area contributed by atoms with Crippen molar-refractivity contribution < 1.29 is 32.9 Å². The number of hydrogen-bond acceptors (Lipinski definition) is 6. The molecule has 358 valence electrons. The Hall–Kier alpha value is -1.54. The summed E-state index contributed by atoms with van der Waals surface area (Å²) in [6.07, 6.45) is 56.1. The van der Waals surface area contributed by atoms with Gasteiger partial charge in [-0.25, -0.2) is 0 Å². The molecule has 0 spiro atoms. The van der Waals surface area contributed by atoms with Gasteiger partial charge in [-0.2, -0.15) is 0 Å². The van der Waals surface area contributed by atoms with Gasteiger partial charge >= 0.3 is 0 Å². The molecule has 0 aliphatic rings. The number of likely N-dealkylation sites (N-methyl/N-ethyl adjacent to an activating group) is 1. The predicted molar refractivity (Wildman–Crippen MR) is 261 cm³/mol. The largest absolute Gasteiger partial charge is 0.756 e. The van der Waals surface area contributed by atoms with Crippen LogP contribution in [-0.4, -0.2) is 68.5 Å². The van der Waals surface area contributed by atoms with Crippen molar-refractivity contribution in [2.24, 2.45) is 0 Å². The molecule has 2 N–H and O–H groups in total. The van der Waals surface area contributed by atoms with Crippen LogP contribution in [0, 0.1) is 0 Å². The van der Waals surface area contributed by atoms with Gasteiger partial charge in [0.15, 0.2) is 0 Å². The predicted octanol–water partition coefficient (Wildman–Crippen LogP) is 14.2. The van der Waals surface area contributed by atoms with E-state index in [1.165, 1.54) is 141 Å². The number of nitrogens with zero attached hydrogens (tertiary/aromatic N) is 1.